The van der Waals surface area contributed by atoms with Crippen molar-refractivity contribution in [3.05, 3.63) is 66.2 Å². The average molecular weight is 399 g/mol. The fourth-order valence-corrected chi connectivity index (χ4v) is 3.68. The van der Waals surface area contributed by atoms with Crippen LogP contribution in [0.15, 0.2) is 53.1 Å². The normalized spacial score (nSPS) is 11.1. The molecule has 0 radical (unpaired) electrons. The van der Waals surface area contributed by atoms with Gasteiger partial charge < -0.3 is 4.42 Å². The summed E-state index contributed by atoms with van der Waals surface area (Å²) in [7, 11) is 1.68. The van der Waals surface area contributed by atoms with Gasteiger partial charge in [0, 0.05) is 26.0 Å². The number of halogens is 2. The second kappa shape index (κ2) is 7.47. The molecule has 1 amide bonds. The van der Waals surface area contributed by atoms with Gasteiger partial charge in [-0.1, -0.05) is 23.5 Å². The van der Waals surface area contributed by atoms with Gasteiger partial charge in [0.1, 0.15) is 11.6 Å². The number of benzene rings is 2. The molecule has 0 aliphatic heterocycles. The van der Waals surface area contributed by atoms with Crippen molar-refractivity contribution in [3.8, 4) is 11.3 Å². The molecule has 2 aromatic carbocycles. The van der Waals surface area contributed by atoms with E-state index in [0.29, 0.717) is 11.0 Å². The van der Waals surface area contributed by atoms with Gasteiger partial charge in [-0.05, 0) is 24.3 Å². The number of hydrogen-bond donors (Lipinski definition) is 0. The number of aryl methyl sites for hydroxylation is 1. The maximum absolute atomic E-state index is 13.8. The van der Waals surface area contributed by atoms with Crippen LogP contribution < -0.4 is 4.90 Å². The molecule has 8 heteroatoms. The number of anilines is 1. The Morgan fingerprint density at radius 3 is 2.82 bits per heavy atom. The zero-order valence-electron chi connectivity index (χ0n) is 14.9. The van der Waals surface area contributed by atoms with E-state index in [2.05, 4.69) is 9.97 Å². The lowest BCUT2D eigenvalue weighted by Crippen LogP contribution is -2.26. The number of rotatable bonds is 5. The number of thiazole rings is 1. The van der Waals surface area contributed by atoms with E-state index >= 15 is 0 Å². The van der Waals surface area contributed by atoms with E-state index in [1.807, 2.05) is 24.3 Å². The minimum atomic E-state index is -0.727. The number of nitrogens with zero attached hydrogens (tertiary/aromatic N) is 3. The van der Waals surface area contributed by atoms with Crippen LogP contribution in [0.1, 0.15) is 12.3 Å². The molecule has 0 aliphatic rings. The molecule has 4 rings (SSSR count). The van der Waals surface area contributed by atoms with Crippen molar-refractivity contribution in [1.29, 1.82) is 0 Å². The Morgan fingerprint density at radius 2 is 2.04 bits per heavy atom. The minimum absolute atomic E-state index is 0.123. The highest BCUT2D eigenvalue weighted by atomic mass is 32.1. The molecule has 0 unspecified atom stereocenters. The molecule has 0 N–H and O–H groups in total. The molecule has 0 fully saturated rings. The van der Waals surface area contributed by atoms with Gasteiger partial charge >= 0.3 is 0 Å². The second-order valence-corrected chi connectivity index (χ2v) is 7.17. The molecule has 0 bridgehead atoms. The Labute approximate surface area is 163 Å². The zero-order valence-corrected chi connectivity index (χ0v) is 15.7. The van der Waals surface area contributed by atoms with Crippen LogP contribution >= 0.6 is 11.3 Å². The first-order valence-corrected chi connectivity index (χ1v) is 9.35. The molecule has 2 heterocycles. The van der Waals surface area contributed by atoms with Crippen molar-refractivity contribution < 1.29 is 18.0 Å². The molecule has 0 saturated heterocycles. The first-order valence-electron chi connectivity index (χ1n) is 8.53. The van der Waals surface area contributed by atoms with Crippen molar-refractivity contribution >= 4 is 32.6 Å². The van der Waals surface area contributed by atoms with Gasteiger partial charge in [-0.2, -0.15) is 0 Å². The lowest BCUT2D eigenvalue weighted by molar-refractivity contribution is -0.118. The standard InChI is InChI=1S/C20H15F2N3O2S/c1-25(20-24-15-4-2-3-5-17(15)28-20)19(26)9-8-18-23-11-16(27-18)13-7-6-12(21)10-14(13)22/h2-7,10-11H,8-9H2,1H3. The van der Waals surface area contributed by atoms with Crippen LogP contribution in [0, 0.1) is 11.6 Å². The highest BCUT2D eigenvalue weighted by Crippen LogP contribution is 2.28. The van der Waals surface area contributed by atoms with Gasteiger partial charge in [-0.15, -0.1) is 0 Å². The van der Waals surface area contributed by atoms with Gasteiger partial charge in [-0.25, -0.2) is 18.7 Å². The van der Waals surface area contributed by atoms with Gasteiger partial charge in [0.05, 0.1) is 22.0 Å². The van der Waals surface area contributed by atoms with Crippen LogP contribution in [-0.2, 0) is 11.2 Å². The number of oxazole rings is 1. The third-order valence-corrected chi connectivity index (χ3v) is 5.36. The predicted molar refractivity (Wildman–Crippen MR) is 103 cm³/mol. The number of hydrogen-bond acceptors (Lipinski definition) is 5. The molecule has 142 valence electrons. The van der Waals surface area contributed by atoms with Crippen molar-refractivity contribution in [2.45, 2.75) is 12.8 Å². The maximum Gasteiger partial charge on any atom is 0.229 e. The zero-order chi connectivity index (χ0) is 19.7. The van der Waals surface area contributed by atoms with Gasteiger partial charge in [0.2, 0.25) is 5.91 Å². The van der Waals surface area contributed by atoms with E-state index in [9.17, 15) is 13.6 Å². The van der Waals surface area contributed by atoms with E-state index in [1.54, 1.807) is 7.05 Å². The summed E-state index contributed by atoms with van der Waals surface area (Å²) in [6.45, 7) is 0. The number of carbonyl (C=O) groups excluding carboxylic acids is 1. The van der Waals surface area contributed by atoms with Crippen molar-refractivity contribution in [3.63, 3.8) is 0 Å². The lowest BCUT2D eigenvalue weighted by Gasteiger charge is -2.12. The predicted octanol–water partition coefficient (Wildman–Crippen LogP) is 4.83. The van der Waals surface area contributed by atoms with Gasteiger partial charge in [0.25, 0.3) is 0 Å². The highest BCUT2D eigenvalue weighted by Gasteiger charge is 2.17. The average Bonchev–Trinajstić information content (AvgIpc) is 3.32. The Bertz CT molecular complexity index is 1120. The Balaban J connectivity index is 1.42. The lowest BCUT2D eigenvalue weighted by atomic mass is 10.2. The summed E-state index contributed by atoms with van der Waals surface area (Å²) in [5, 5.41) is 0.618. The Hall–Kier alpha value is -3.13. The summed E-state index contributed by atoms with van der Waals surface area (Å²) in [5.41, 5.74) is 0.971. The van der Waals surface area contributed by atoms with Crippen molar-refractivity contribution in [2.24, 2.45) is 0 Å². The molecule has 0 saturated carbocycles. The van der Waals surface area contributed by atoms with Crippen LogP contribution in [0.3, 0.4) is 0 Å². The smallest absolute Gasteiger partial charge is 0.229 e. The van der Waals surface area contributed by atoms with E-state index in [4.69, 9.17) is 4.42 Å². The third kappa shape index (κ3) is 3.63. The maximum atomic E-state index is 13.8. The molecule has 4 aromatic rings. The SMILES string of the molecule is CN(C(=O)CCc1ncc(-c2ccc(F)cc2F)o1)c1nc2ccccc2s1. The van der Waals surface area contributed by atoms with Crippen LogP contribution in [0.4, 0.5) is 13.9 Å². The molecule has 0 spiro atoms. The van der Waals surface area contributed by atoms with E-state index in [0.717, 1.165) is 22.3 Å². The quantitative estimate of drug-likeness (QED) is 0.483. The van der Waals surface area contributed by atoms with Gasteiger partial charge in [0.15, 0.2) is 16.8 Å². The van der Waals surface area contributed by atoms with Crippen molar-refractivity contribution in [2.75, 3.05) is 11.9 Å². The van der Waals surface area contributed by atoms with E-state index in [1.165, 1.54) is 28.5 Å². The number of aromatic nitrogens is 2. The summed E-state index contributed by atoms with van der Waals surface area (Å²) >= 11 is 1.44. The summed E-state index contributed by atoms with van der Waals surface area (Å²) < 4.78 is 33.4. The minimum Gasteiger partial charge on any atom is -0.441 e. The van der Waals surface area contributed by atoms with Gasteiger partial charge in [-0.3, -0.25) is 9.69 Å². The number of fused-ring (bicyclic) bond motifs is 1. The van der Waals surface area contributed by atoms with Crippen LogP contribution in [0.25, 0.3) is 21.5 Å². The third-order valence-electron chi connectivity index (χ3n) is 4.25. The molecule has 5 nitrogen and oxygen atoms in total. The summed E-state index contributed by atoms with van der Waals surface area (Å²) in [6, 6.07) is 10.9. The fraction of sp³-hybridized carbons (Fsp3) is 0.150. The molecular weight excluding hydrogens is 384 g/mol. The molecule has 2 aromatic heterocycles. The second-order valence-electron chi connectivity index (χ2n) is 6.16. The summed E-state index contributed by atoms with van der Waals surface area (Å²) in [4.78, 5) is 22.5. The topological polar surface area (TPSA) is 59.2 Å². The summed E-state index contributed by atoms with van der Waals surface area (Å²) in [6.07, 6.45) is 1.79. The first-order chi connectivity index (χ1) is 13.5. The van der Waals surface area contributed by atoms with Crippen LogP contribution in [0.5, 0.6) is 0 Å². The molecule has 28 heavy (non-hydrogen) atoms. The van der Waals surface area contributed by atoms with E-state index < -0.39 is 11.6 Å². The molecule has 0 aliphatic carbocycles. The number of amides is 1. The Morgan fingerprint density at radius 1 is 1.21 bits per heavy atom. The van der Waals surface area contributed by atoms with Crippen molar-refractivity contribution in [1.82, 2.24) is 9.97 Å². The first kappa shape index (κ1) is 18.2. The van der Waals surface area contributed by atoms with E-state index in [-0.39, 0.29) is 30.1 Å². The molecular formula is C20H15F2N3O2S. The fourth-order valence-electron chi connectivity index (χ4n) is 2.73. The highest BCUT2D eigenvalue weighted by molar-refractivity contribution is 7.22. The number of carbonyl (C=O) groups is 1. The van der Waals surface area contributed by atoms with Crippen LogP contribution in [0.2, 0.25) is 0 Å². The number of para-hydroxylation sites is 1. The molecule has 0 atom stereocenters. The van der Waals surface area contributed by atoms with Crippen LogP contribution in [-0.4, -0.2) is 22.9 Å². The summed E-state index contributed by atoms with van der Waals surface area (Å²) in [5.74, 6) is -1.02. The monoisotopic (exact) mass is 399 g/mol. The Kier molecular flexibility index (Phi) is 4.87. The largest absolute Gasteiger partial charge is 0.441 e.